The summed E-state index contributed by atoms with van der Waals surface area (Å²) in [6.45, 7) is 4.28. The molecule has 0 radical (unpaired) electrons. The summed E-state index contributed by atoms with van der Waals surface area (Å²) in [5, 5.41) is 4.35. The number of nitrogens with one attached hydrogen (secondary N) is 1. The number of hydrogen-bond donors (Lipinski definition) is 1. The summed E-state index contributed by atoms with van der Waals surface area (Å²) in [6.07, 6.45) is 0.924. The molecule has 1 aliphatic rings. The third kappa shape index (κ3) is 1.96. The van der Waals surface area contributed by atoms with Crippen molar-refractivity contribution in [3.63, 3.8) is 0 Å². The summed E-state index contributed by atoms with van der Waals surface area (Å²) < 4.78 is 5.32. The molecule has 3 heteroatoms. The van der Waals surface area contributed by atoms with E-state index in [4.69, 9.17) is 4.74 Å². The molecule has 0 saturated carbocycles. The van der Waals surface area contributed by atoms with Crippen molar-refractivity contribution in [1.29, 1.82) is 0 Å². The summed E-state index contributed by atoms with van der Waals surface area (Å²) in [5.41, 5.74) is 5.33. The molecule has 0 aromatic heterocycles. The van der Waals surface area contributed by atoms with Crippen LogP contribution in [-0.2, 0) is 0 Å². The number of hydrazone groups is 1. The zero-order valence-corrected chi connectivity index (χ0v) is 9.37. The fourth-order valence-corrected chi connectivity index (χ4v) is 1.75. The van der Waals surface area contributed by atoms with Crippen LogP contribution in [0.25, 0.3) is 0 Å². The van der Waals surface area contributed by atoms with Gasteiger partial charge in [0.2, 0.25) is 0 Å². The molecule has 0 unspecified atom stereocenters. The van der Waals surface area contributed by atoms with E-state index in [0.717, 1.165) is 23.4 Å². The van der Waals surface area contributed by atoms with Gasteiger partial charge in [0.25, 0.3) is 0 Å². The molecule has 1 aliphatic heterocycles. The van der Waals surface area contributed by atoms with Gasteiger partial charge in [-0.25, -0.2) is 0 Å². The van der Waals surface area contributed by atoms with Crippen LogP contribution in [0.3, 0.4) is 0 Å². The van der Waals surface area contributed by atoms with Crippen molar-refractivity contribution in [2.45, 2.75) is 25.8 Å². The smallest absolute Gasteiger partial charge is 0.127 e. The lowest BCUT2D eigenvalue weighted by molar-refractivity contribution is 0.413. The van der Waals surface area contributed by atoms with E-state index in [2.05, 4.69) is 24.4 Å². The van der Waals surface area contributed by atoms with E-state index in [0.29, 0.717) is 0 Å². The standard InChI is InChI=1S/C12H16N2O/c1-12(2)8-10(13-14-12)9-6-4-5-7-11(9)15-3/h4-7,14H,8H2,1-3H3. The third-order valence-corrected chi connectivity index (χ3v) is 2.52. The summed E-state index contributed by atoms with van der Waals surface area (Å²) in [5.74, 6) is 0.885. The lowest BCUT2D eigenvalue weighted by Crippen LogP contribution is -2.30. The van der Waals surface area contributed by atoms with Crippen molar-refractivity contribution in [3.05, 3.63) is 29.8 Å². The zero-order valence-electron chi connectivity index (χ0n) is 9.37. The summed E-state index contributed by atoms with van der Waals surface area (Å²) in [6, 6.07) is 7.98. The van der Waals surface area contributed by atoms with E-state index in [1.54, 1.807) is 7.11 Å². The molecule has 2 rings (SSSR count). The predicted molar refractivity (Wildman–Crippen MR) is 61.4 cm³/mol. The Hall–Kier alpha value is -1.51. The van der Waals surface area contributed by atoms with E-state index in [-0.39, 0.29) is 5.54 Å². The van der Waals surface area contributed by atoms with Gasteiger partial charge >= 0.3 is 0 Å². The van der Waals surface area contributed by atoms with Gasteiger partial charge < -0.3 is 10.2 Å². The van der Waals surface area contributed by atoms with Crippen LogP contribution < -0.4 is 10.2 Å². The van der Waals surface area contributed by atoms with Crippen LogP contribution in [0, 0.1) is 0 Å². The van der Waals surface area contributed by atoms with E-state index in [1.165, 1.54) is 0 Å². The average molecular weight is 204 g/mol. The number of methoxy groups -OCH3 is 1. The molecule has 3 nitrogen and oxygen atoms in total. The first-order valence-electron chi connectivity index (χ1n) is 5.09. The summed E-state index contributed by atoms with van der Waals surface area (Å²) in [7, 11) is 1.69. The number of ether oxygens (including phenoxy) is 1. The van der Waals surface area contributed by atoms with Crippen molar-refractivity contribution in [3.8, 4) is 5.75 Å². The van der Waals surface area contributed by atoms with Crippen LogP contribution in [0.5, 0.6) is 5.75 Å². The highest BCUT2D eigenvalue weighted by atomic mass is 16.5. The van der Waals surface area contributed by atoms with Crippen LogP contribution in [0.1, 0.15) is 25.8 Å². The second-order valence-corrected chi connectivity index (χ2v) is 4.43. The molecule has 0 atom stereocenters. The number of nitrogens with zero attached hydrogens (tertiary/aromatic N) is 1. The van der Waals surface area contributed by atoms with E-state index < -0.39 is 0 Å². The topological polar surface area (TPSA) is 33.6 Å². The minimum atomic E-state index is 0.0518. The van der Waals surface area contributed by atoms with Gasteiger partial charge in [0, 0.05) is 12.0 Å². The predicted octanol–water partition coefficient (Wildman–Crippen LogP) is 2.17. The minimum absolute atomic E-state index is 0.0518. The van der Waals surface area contributed by atoms with Gasteiger partial charge in [-0.05, 0) is 26.0 Å². The fraction of sp³-hybridized carbons (Fsp3) is 0.417. The first kappa shape index (κ1) is 10.0. The Bertz CT molecular complexity index is 396. The quantitative estimate of drug-likeness (QED) is 0.801. The molecule has 1 aromatic rings. The lowest BCUT2D eigenvalue weighted by Gasteiger charge is -2.16. The molecular formula is C12H16N2O. The summed E-state index contributed by atoms with van der Waals surface area (Å²) in [4.78, 5) is 0. The van der Waals surface area contributed by atoms with Gasteiger partial charge in [0.15, 0.2) is 0 Å². The van der Waals surface area contributed by atoms with E-state index >= 15 is 0 Å². The molecule has 1 heterocycles. The maximum absolute atomic E-state index is 5.32. The lowest BCUT2D eigenvalue weighted by atomic mass is 9.96. The van der Waals surface area contributed by atoms with Crippen molar-refractivity contribution in [1.82, 2.24) is 5.43 Å². The Morgan fingerprint density at radius 3 is 2.67 bits per heavy atom. The van der Waals surface area contributed by atoms with Gasteiger partial charge in [-0.1, -0.05) is 12.1 Å². The number of para-hydroxylation sites is 1. The Balaban J connectivity index is 2.31. The fourth-order valence-electron chi connectivity index (χ4n) is 1.75. The average Bonchev–Trinajstić information content (AvgIpc) is 2.59. The minimum Gasteiger partial charge on any atom is -0.496 e. The highest BCUT2D eigenvalue weighted by Gasteiger charge is 2.27. The Morgan fingerprint density at radius 2 is 2.07 bits per heavy atom. The van der Waals surface area contributed by atoms with Crippen LogP contribution in [0.4, 0.5) is 0 Å². The molecule has 1 aromatic carbocycles. The van der Waals surface area contributed by atoms with Crippen molar-refractivity contribution in [2.75, 3.05) is 7.11 Å². The Morgan fingerprint density at radius 1 is 1.33 bits per heavy atom. The number of rotatable bonds is 2. The van der Waals surface area contributed by atoms with Gasteiger partial charge in [-0.15, -0.1) is 0 Å². The highest BCUT2D eigenvalue weighted by molar-refractivity contribution is 6.04. The first-order chi connectivity index (χ1) is 7.12. The molecule has 0 saturated heterocycles. The van der Waals surface area contributed by atoms with Crippen LogP contribution in [0.2, 0.25) is 0 Å². The maximum Gasteiger partial charge on any atom is 0.127 e. The van der Waals surface area contributed by atoms with Crippen LogP contribution in [-0.4, -0.2) is 18.4 Å². The van der Waals surface area contributed by atoms with Crippen molar-refractivity contribution < 1.29 is 4.74 Å². The highest BCUT2D eigenvalue weighted by Crippen LogP contribution is 2.25. The van der Waals surface area contributed by atoms with Crippen LogP contribution in [0.15, 0.2) is 29.4 Å². The van der Waals surface area contributed by atoms with Gasteiger partial charge in [-0.2, -0.15) is 5.10 Å². The number of benzene rings is 1. The second-order valence-electron chi connectivity index (χ2n) is 4.43. The Kier molecular flexibility index (Phi) is 2.39. The largest absolute Gasteiger partial charge is 0.496 e. The molecule has 1 N–H and O–H groups in total. The van der Waals surface area contributed by atoms with Crippen molar-refractivity contribution in [2.24, 2.45) is 5.10 Å². The van der Waals surface area contributed by atoms with Gasteiger partial charge in [0.05, 0.1) is 18.4 Å². The molecular weight excluding hydrogens is 188 g/mol. The van der Waals surface area contributed by atoms with Crippen molar-refractivity contribution >= 4 is 5.71 Å². The van der Waals surface area contributed by atoms with Gasteiger partial charge in [0.1, 0.15) is 5.75 Å². The molecule has 15 heavy (non-hydrogen) atoms. The third-order valence-electron chi connectivity index (χ3n) is 2.52. The normalized spacial score (nSPS) is 18.2. The summed E-state index contributed by atoms with van der Waals surface area (Å²) >= 11 is 0. The molecule has 0 spiro atoms. The maximum atomic E-state index is 5.32. The SMILES string of the molecule is COc1ccccc1C1=NNC(C)(C)C1. The van der Waals surface area contributed by atoms with Gasteiger partial charge in [-0.3, -0.25) is 0 Å². The monoisotopic (exact) mass is 204 g/mol. The molecule has 0 aliphatic carbocycles. The Labute approximate surface area is 90.1 Å². The molecule has 80 valence electrons. The molecule has 0 fully saturated rings. The zero-order chi connectivity index (χ0) is 10.9. The second kappa shape index (κ2) is 3.57. The van der Waals surface area contributed by atoms with E-state index in [1.807, 2.05) is 24.3 Å². The number of hydrogen-bond acceptors (Lipinski definition) is 3. The first-order valence-corrected chi connectivity index (χ1v) is 5.09. The van der Waals surface area contributed by atoms with Crippen LogP contribution >= 0.6 is 0 Å². The molecule has 0 amide bonds. The molecule has 0 bridgehead atoms. The van der Waals surface area contributed by atoms with E-state index in [9.17, 15) is 0 Å².